The van der Waals surface area contributed by atoms with Gasteiger partial charge >= 0.3 is 6.16 Å². The van der Waals surface area contributed by atoms with Crippen LogP contribution >= 0.6 is 0 Å². The summed E-state index contributed by atoms with van der Waals surface area (Å²) in [5, 5.41) is 18.4. The van der Waals surface area contributed by atoms with E-state index in [1.165, 1.54) is 12.1 Å². The molecule has 1 aliphatic rings. The predicted octanol–water partition coefficient (Wildman–Crippen LogP) is 0.643. The molecule has 0 amide bonds. The highest BCUT2D eigenvalue weighted by Crippen LogP contribution is 2.38. The molecule has 0 saturated heterocycles. The van der Waals surface area contributed by atoms with Crippen LogP contribution in [0.2, 0.25) is 0 Å². The van der Waals surface area contributed by atoms with Gasteiger partial charge in [-0.15, -0.1) is 4.73 Å². The summed E-state index contributed by atoms with van der Waals surface area (Å²) in [4.78, 5) is 15.8. The van der Waals surface area contributed by atoms with Gasteiger partial charge in [-0.05, 0) is 12.8 Å². The van der Waals surface area contributed by atoms with Gasteiger partial charge in [-0.3, -0.25) is 4.84 Å². The van der Waals surface area contributed by atoms with Crippen LogP contribution in [-0.2, 0) is 9.47 Å². The van der Waals surface area contributed by atoms with Crippen LogP contribution in [0.15, 0.2) is 12.1 Å². The summed E-state index contributed by atoms with van der Waals surface area (Å²) >= 11 is 0. The van der Waals surface area contributed by atoms with Crippen LogP contribution in [0, 0.1) is 0 Å². The third-order valence-corrected chi connectivity index (χ3v) is 2.66. The van der Waals surface area contributed by atoms with Gasteiger partial charge in [0.25, 0.3) is 0 Å². The van der Waals surface area contributed by atoms with Gasteiger partial charge in [-0.25, -0.2) is 4.79 Å². The molecule has 2 N–H and O–H groups in total. The quantitative estimate of drug-likeness (QED) is 0.754. The second-order valence-electron chi connectivity index (χ2n) is 3.86. The number of carbonyl (C=O) groups excluding carboxylic acids is 1. The van der Waals surface area contributed by atoms with Crippen LogP contribution in [0.1, 0.15) is 12.8 Å². The van der Waals surface area contributed by atoms with Crippen molar-refractivity contribution in [1.29, 1.82) is 0 Å². The van der Waals surface area contributed by atoms with Gasteiger partial charge in [0, 0.05) is 19.2 Å². The molecule has 1 fully saturated rings. The van der Waals surface area contributed by atoms with Crippen LogP contribution in [0.5, 0.6) is 11.8 Å². The van der Waals surface area contributed by atoms with Gasteiger partial charge in [-0.2, -0.15) is 0 Å². The minimum atomic E-state index is -1.02. The SMILES string of the molecule is COC1(COC(=O)On2c(O)ccc2O)CC1. The highest BCUT2D eigenvalue weighted by Gasteiger charge is 2.44. The summed E-state index contributed by atoms with van der Waals surface area (Å²) < 4.78 is 10.5. The Bertz CT molecular complexity index is 403. The van der Waals surface area contributed by atoms with E-state index in [1.807, 2.05) is 0 Å². The first-order chi connectivity index (χ1) is 8.06. The number of aromatic hydroxyl groups is 2. The van der Waals surface area contributed by atoms with E-state index in [0.29, 0.717) is 4.73 Å². The minimum Gasteiger partial charge on any atom is -0.492 e. The van der Waals surface area contributed by atoms with Crippen LogP contribution in [0.4, 0.5) is 4.79 Å². The first-order valence-electron chi connectivity index (χ1n) is 5.06. The Hall–Kier alpha value is -1.89. The number of hydrogen-bond acceptors (Lipinski definition) is 6. The largest absolute Gasteiger partial charge is 0.534 e. The van der Waals surface area contributed by atoms with Crippen molar-refractivity contribution in [3.63, 3.8) is 0 Å². The van der Waals surface area contributed by atoms with E-state index in [4.69, 9.17) is 9.47 Å². The van der Waals surface area contributed by atoms with Gasteiger partial charge in [0.05, 0.1) is 0 Å². The van der Waals surface area contributed by atoms with Gasteiger partial charge in [0.1, 0.15) is 12.2 Å². The molecular weight excluding hydrogens is 230 g/mol. The maximum absolute atomic E-state index is 11.3. The zero-order valence-corrected chi connectivity index (χ0v) is 9.25. The molecule has 1 aliphatic carbocycles. The Morgan fingerprint density at radius 3 is 2.47 bits per heavy atom. The predicted molar refractivity (Wildman–Crippen MR) is 54.7 cm³/mol. The fourth-order valence-electron chi connectivity index (χ4n) is 1.33. The number of carbonyl (C=O) groups is 1. The maximum atomic E-state index is 11.3. The fraction of sp³-hybridized carbons (Fsp3) is 0.500. The highest BCUT2D eigenvalue weighted by molar-refractivity contribution is 5.60. The molecule has 0 atom stereocenters. The lowest BCUT2D eigenvalue weighted by molar-refractivity contribution is -0.0168. The number of ether oxygens (including phenoxy) is 2. The van der Waals surface area contributed by atoms with E-state index < -0.39 is 17.9 Å². The van der Waals surface area contributed by atoms with Crippen molar-refractivity contribution in [3.05, 3.63) is 12.1 Å². The third-order valence-electron chi connectivity index (χ3n) is 2.66. The third kappa shape index (κ3) is 2.44. The molecule has 7 heteroatoms. The molecule has 0 spiro atoms. The first kappa shape index (κ1) is 11.6. The summed E-state index contributed by atoms with van der Waals surface area (Å²) in [6.07, 6.45) is 0.642. The minimum absolute atomic E-state index is 0.0884. The van der Waals surface area contributed by atoms with Gasteiger partial charge in [0.2, 0.25) is 11.8 Å². The van der Waals surface area contributed by atoms with E-state index in [0.717, 1.165) is 12.8 Å². The van der Waals surface area contributed by atoms with E-state index in [9.17, 15) is 15.0 Å². The average molecular weight is 243 g/mol. The molecule has 1 aromatic heterocycles. The standard InChI is InChI=1S/C10H13NO6/c1-15-10(4-5-10)6-16-9(14)17-11-7(12)2-3-8(11)13/h2-3,12-13H,4-6H2,1H3. The first-order valence-corrected chi connectivity index (χ1v) is 5.06. The summed E-state index contributed by atoms with van der Waals surface area (Å²) in [6.45, 7) is 0.0884. The molecule has 0 aromatic carbocycles. The number of rotatable bonds is 4. The highest BCUT2D eigenvalue weighted by atomic mass is 16.8. The monoisotopic (exact) mass is 243 g/mol. The Kier molecular flexibility index (Phi) is 2.84. The Morgan fingerprint density at radius 1 is 1.41 bits per heavy atom. The van der Waals surface area contributed by atoms with Crippen molar-refractivity contribution in [2.24, 2.45) is 0 Å². The van der Waals surface area contributed by atoms with Crippen molar-refractivity contribution in [3.8, 4) is 11.8 Å². The van der Waals surface area contributed by atoms with E-state index in [2.05, 4.69) is 4.84 Å². The summed E-state index contributed by atoms with van der Waals surface area (Å²) in [5.41, 5.74) is -0.389. The van der Waals surface area contributed by atoms with Crippen molar-refractivity contribution in [2.75, 3.05) is 13.7 Å². The van der Waals surface area contributed by atoms with E-state index >= 15 is 0 Å². The molecule has 0 aliphatic heterocycles. The van der Waals surface area contributed by atoms with Crippen LogP contribution in [0.25, 0.3) is 0 Å². The van der Waals surface area contributed by atoms with Crippen molar-refractivity contribution >= 4 is 6.16 Å². The number of aromatic nitrogens is 1. The Balaban J connectivity index is 1.85. The molecule has 0 bridgehead atoms. The molecule has 1 heterocycles. The molecule has 94 valence electrons. The van der Waals surface area contributed by atoms with Crippen LogP contribution < -0.4 is 4.84 Å². The van der Waals surface area contributed by atoms with Crippen LogP contribution in [0.3, 0.4) is 0 Å². The molecule has 2 rings (SSSR count). The second-order valence-corrected chi connectivity index (χ2v) is 3.86. The molecule has 1 aromatic rings. The summed E-state index contributed by atoms with van der Waals surface area (Å²) in [6, 6.07) is 2.36. The molecule has 0 unspecified atom stereocenters. The van der Waals surface area contributed by atoms with Gasteiger partial charge in [-0.1, -0.05) is 0 Å². The van der Waals surface area contributed by atoms with Crippen molar-refractivity contribution in [2.45, 2.75) is 18.4 Å². The van der Waals surface area contributed by atoms with Gasteiger partial charge in [0.15, 0.2) is 0 Å². The van der Waals surface area contributed by atoms with Crippen LogP contribution in [-0.4, -0.2) is 40.4 Å². The second kappa shape index (κ2) is 4.17. The maximum Gasteiger partial charge on any atom is 0.534 e. The van der Waals surface area contributed by atoms with Gasteiger partial charge < -0.3 is 19.7 Å². The van der Waals surface area contributed by atoms with E-state index in [-0.39, 0.29) is 12.2 Å². The zero-order valence-electron chi connectivity index (χ0n) is 9.25. The normalized spacial score (nSPS) is 16.5. The van der Waals surface area contributed by atoms with Crippen molar-refractivity contribution < 1.29 is 29.3 Å². The lowest BCUT2D eigenvalue weighted by Crippen LogP contribution is -2.27. The molecule has 7 nitrogen and oxygen atoms in total. The summed E-state index contributed by atoms with van der Waals surface area (Å²) in [5.74, 6) is -0.792. The smallest absolute Gasteiger partial charge is 0.492 e. The Labute approximate surface area is 97.1 Å². The van der Waals surface area contributed by atoms with Crippen molar-refractivity contribution in [1.82, 2.24) is 4.73 Å². The molecule has 0 radical (unpaired) electrons. The number of nitrogens with zero attached hydrogens (tertiary/aromatic N) is 1. The lowest BCUT2D eigenvalue weighted by Gasteiger charge is -2.13. The molecule has 1 saturated carbocycles. The molecular formula is C10H13NO6. The lowest BCUT2D eigenvalue weighted by atomic mass is 10.4. The van der Waals surface area contributed by atoms with E-state index in [1.54, 1.807) is 7.11 Å². The Morgan fingerprint density at radius 2 is 2.00 bits per heavy atom. The fourth-order valence-corrected chi connectivity index (χ4v) is 1.33. The molecule has 17 heavy (non-hydrogen) atoms. The number of methoxy groups -OCH3 is 1. The topological polar surface area (TPSA) is 90.2 Å². The number of hydrogen-bond donors (Lipinski definition) is 2. The summed E-state index contributed by atoms with van der Waals surface area (Å²) in [7, 11) is 1.55. The zero-order chi connectivity index (χ0) is 12.5. The average Bonchev–Trinajstić information content (AvgIpc) is 3.04.